The smallest absolute Gasteiger partial charge is 0.255 e. The van der Waals surface area contributed by atoms with Crippen molar-refractivity contribution in [3.63, 3.8) is 0 Å². The Bertz CT molecular complexity index is 1310. The average molecular weight is 477 g/mol. The molecule has 0 saturated heterocycles. The minimum absolute atomic E-state index is 0.266. The number of aromatic nitrogens is 3. The molecule has 2 fully saturated rings. The van der Waals surface area contributed by atoms with E-state index in [1.54, 1.807) is 10.6 Å². The number of amides is 1. The standard InChI is InChI=1S/C26H29FN6O2/c1-25(2,35)23(27)15-30-24(34)19-14-29-21(9-20(19)32-17-10-26(11-17)6-3-7-26)22-5-4-18-8-16(12-28)13-31-33(18)22/h4-5,8-9,13-14,17,23,35H,3,6-7,10-11,15H2,1-2H3,(H,29,32)(H,30,34). The Morgan fingerprint density at radius 3 is 2.77 bits per heavy atom. The zero-order valence-corrected chi connectivity index (χ0v) is 19.9. The number of halogens is 1. The number of nitriles is 1. The summed E-state index contributed by atoms with van der Waals surface area (Å²) in [5.74, 6) is -0.451. The molecule has 0 aromatic carbocycles. The first-order valence-corrected chi connectivity index (χ1v) is 12.0. The number of alkyl halides is 1. The third-order valence-electron chi connectivity index (χ3n) is 7.38. The number of carbonyl (C=O) groups excluding carboxylic acids is 1. The van der Waals surface area contributed by atoms with E-state index in [1.165, 1.54) is 45.5 Å². The summed E-state index contributed by atoms with van der Waals surface area (Å²) in [5.41, 5.74) is 2.47. The van der Waals surface area contributed by atoms with Crippen LogP contribution in [0.1, 0.15) is 61.9 Å². The van der Waals surface area contributed by atoms with Crippen LogP contribution in [-0.2, 0) is 0 Å². The van der Waals surface area contributed by atoms with E-state index in [0.29, 0.717) is 27.9 Å². The molecular formula is C26H29FN6O2. The second-order valence-electron chi connectivity index (χ2n) is 10.5. The van der Waals surface area contributed by atoms with Crippen LogP contribution in [0.5, 0.6) is 0 Å². The van der Waals surface area contributed by atoms with Crippen molar-refractivity contribution in [3.8, 4) is 17.5 Å². The molecule has 1 atom stereocenters. The molecule has 3 heterocycles. The van der Waals surface area contributed by atoms with Crippen LogP contribution in [0, 0.1) is 16.7 Å². The summed E-state index contributed by atoms with van der Waals surface area (Å²) in [4.78, 5) is 17.5. The molecule has 3 N–H and O–H groups in total. The Balaban J connectivity index is 1.43. The first kappa shape index (κ1) is 23.2. The maximum atomic E-state index is 14.2. The highest BCUT2D eigenvalue weighted by Gasteiger charge is 2.48. The van der Waals surface area contributed by atoms with E-state index in [2.05, 4.69) is 26.8 Å². The number of nitrogens with one attached hydrogen (secondary N) is 2. The van der Waals surface area contributed by atoms with Crippen molar-refractivity contribution in [3.05, 3.63) is 47.8 Å². The molecular weight excluding hydrogens is 447 g/mol. The zero-order chi connectivity index (χ0) is 24.8. The van der Waals surface area contributed by atoms with Gasteiger partial charge in [0.2, 0.25) is 0 Å². The van der Waals surface area contributed by atoms with Gasteiger partial charge in [0.25, 0.3) is 5.91 Å². The highest BCUT2D eigenvalue weighted by atomic mass is 19.1. The second-order valence-corrected chi connectivity index (χ2v) is 10.5. The molecule has 1 amide bonds. The molecule has 5 rings (SSSR count). The van der Waals surface area contributed by atoms with Gasteiger partial charge in [-0.05, 0) is 69.2 Å². The van der Waals surface area contributed by atoms with Gasteiger partial charge in [-0.1, -0.05) is 6.42 Å². The highest BCUT2D eigenvalue weighted by Crippen LogP contribution is 2.56. The Morgan fingerprint density at radius 2 is 2.11 bits per heavy atom. The minimum Gasteiger partial charge on any atom is -0.387 e. The zero-order valence-electron chi connectivity index (χ0n) is 19.9. The fraction of sp³-hybridized carbons (Fsp3) is 0.462. The predicted octanol–water partition coefficient (Wildman–Crippen LogP) is 3.85. The lowest BCUT2D eigenvalue weighted by atomic mass is 9.54. The predicted molar refractivity (Wildman–Crippen MR) is 130 cm³/mol. The van der Waals surface area contributed by atoms with E-state index in [4.69, 9.17) is 5.26 Å². The SMILES string of the molecule is CC(C)(O)C(F)CNC(=O)c1cnc(-c2ccc3cc(C#N)cnn23)cc1NC1CC2(CCC2)C1. The summed E-state index contributed by atoms with van der Waals surface area (Å²) in [6.45, 7) is 2.44. The molecule has 0 aliphatic heterocycles. The van der Waals surface area contributed by atoms with Crippen LogP contribution >= 0.6 is 0 Å². The molecule has 3 aromatic heterocycles. The monoisotopic (exact) mass is 476 g/mol. The van der Waals surface area contributed by atoms with Gasteiger partial charge in [-0.25, -0.2) is 8.91 Å². The fourth-order valence-electron chi connectivity index (χ4n) is 5.07. The molecule has 1 unspecified atom stereocenters. The van der Waals surface area contributed by atoms with Gasteiger partial charge in [-0.15, -0.1) is 0 Å². The number of aliphatic hydroxyl groups is 1. The summed E-state index contributed by atoms with van der Waals surface area (Å²) in [6, 6.07) is 9.67. The van der Waals surface area contributed by atoms with Crippen LogP contribution in [-0.4, -0.2) is 50.0 Å². The number of rotatable bonds is 7. The molecule has 182 valence electrons. The van der Waals surface area contributed by atoms with Crippen molar-refractivity contribution in [1.82, 2.24) is 19.9 Å². The van der Waals surface area contributed by atoms with Gasteiger partial charge in [0, 0.05) is 12.2 Å². The number of hydrogen-bond acceptors (Lipinski definition) is 6. The quantitative estimate of drug-likeness (QED) is 0.477. The first-order chi connectivity index (χ1) is 16.7. The highest BCUT2D eigenvalue weighted by molar-refractivity contribution is 6.00. The van der Waals surface area contributed by atoms with Crippen LogP contribution in [0.4, 0.5) is 10.1 Å². The normalized spacial score (nSPS) is 17.9. The van der Waals surface area contributed by atoms with Crippen LogP contribution in [0.3, 0.4) is 0 Å². The van der Waals surface area contributed by atoms with Gasteiger partial charge < -0.3 is 15.7 Å². The van der Waals surface area contributed by atoms with E-state index in [0.717, 1.165) is 24.1 Å². The number of nitrogens with zero attached hydrogens (tertiary/aromatic N) is 4. The first-order valence-electron chi connectivity index (χ1n) is 12.0. The number of hydrogen-bond donors (Lipinski definition) is 3. The Labute approximate surface area is 203 Å². The van der Waals surface area contributed by atoms with Crippen molar-refractivity contribution >= 4 is 17.1 Å². The van der Waals surface area contributed by atoms with Crippen molar-refractivity contribution in [2.75, 3.05) is 11.9 Å². The summed E-state index contributed by atoms with van der Waals surface area (Å²) in [7, 11) is 0. The van der Waals surface area contributed by atoms with E-state index in [9.17, 15) is 14.3 Å². The molecule has 2 aliphatic carbocycles. The molecule has 2 saturated carbocycles. The largest absolute Gasteiger partial charge is 0.387 e. The third-order valence-corrected chi connectivity index (χ3v) is 7.38. The number of fused-ring (bicyclic) bond motifs is 1. The van der Waals surface area contributed by atoms with Crippen LogP contribution in [0.25, 0.3) is 16.9 Å². The van der Waals surface area contributed by atoms with E-state index < -0.39 is 17.7 Å². The van der Waals surface area contributed by atoms with Crippen molar-refractivity contribution < 1.29 is 14.3 Å². The van der Waals surface area contributed by atoms with Crippen LogP contribution in [0.2, 0.25) is 0 Å². The van der Waals surface area contributed by atoms with Gasteiger partial charge >= 0.3 is 0 Å². The van der Waals surface area contributed by atoms with E-state index in [-0.39, 0.29) is 12.6 Å². The van der Waals surface area contributed by atoms with Gasteiger partial charge in [0.05, 0.1) is 52.1 Å². The molecule has 0 radical (unpaired) electrons. The molecule has 8 nitrogen and oxygen atoms in total. The molecule has 9 heteroatoms. The molecule has 0 bridgehead atoms. The molecule has 35 heavy (non-hydrogen) atoms. The van der Waals surface area contributed by atoms with Gasteiger partial charge in [0.1, 0.15) is 12.2 Å². The van der Waals surface area contributed by atoms with Crippen LogP contribution in [0.15, 0.2) is 36.7 Å². The van der Waals surface area contributed by atoms with E-state index >= 15 is 0 Å². The number of anilines is 1. The Hall–Kier alpha value is -3.51. The average Bonchev–Trinajstić information content (AvgIpc) is 3.20. The summed E-state index contributed by atoms with van der Waals surface area (Å²) >= 11 is 0. The van der Waals surface area contributed by atoms with Gasteiger partial charge in [0.15, 0.2) is 0 Å². The minimum atomic E-state index is -1.60. The van der Waals surface area contributed by atoms with Gasteiger partial charge in [-0.2, -0.15) is 10.4 Å². The van der Waals surface area contributed by atoms with Crippen molar-refractivity contribution in [2.24, 2.45) is 5.41 Å². The lowest BCUT2D eigenvalue weighted by Gasteiger charge is -2.54. The maximum absolute atomic E-state index is 14.2. The van der Waals surface area contributed by atoms with Gasteiger partial charge in [-0.3, -0.25) is 9.78 Å². The topological polar surface area (TPSA) is 115 Å². The van der Waals surface area contributed by atoms with E-state index in [1.807, 2.05) is 18.2 Å². The molecule has 1 spiro atoms. The third kappa shape index (κ3) is 4.46. The number of pyridine rings is 1. The number of carbonyl (C=O) groups is 1. The summed E-state index contributed by atoms with van der Waals surface area (Å²) in [5, 5.41) is 29.5. The maximum Gasteiger partial charge on any atom is 0.255 e. The fourth-order valence-corrected chi connectivity index (χ4v) is 5.07. The second kappa shape index (κ2) is 8.61. The van der Waals surface area contributed by atoms with Crippen molar-refractivity contribution in [1.29, 1.82) is 5.26 Å². The lowest BCUT2D eigenvalue weighted by Crippen LogP contribution is -2.49. The Morgan fingerprint density at radius 1 is 1.34 bits per heavy atom. The summed E-state index contributed by atoms with van der Waals surface area (Å²) < 4.78 is 15.9. The van der Waals surface area contributed by atoms with Crippen LogP contribution < -0.4 is 10.6 Å². The van der Waals surface area contributed by atoms with Crippen molar-refractivity contribution in [2.45, 2.75) is 63.8 Å². The molecule has 3 aromatic rings. The molecule has 2 aliphatic rings. The Kier molecular flexibility index (Phi) is 5.72. The summed E-state index contributed by atoms with van der Waals surface area (Å²) in [6.07, 6.45) is 7.35. The lowest BCUT2D eigenvalue weighted by molar-refractivity contribution is -0.00177.